The van der Waals surface area contributed by atoms with Crippen LogP contribution in [0.15, 0.2) is 67.1 Å². The quantitative estimate of drug-likeness (QED) is 0.200. The second-order valence-corrected chi connectivity index (χ2v) is 9.71. The topological polar surface area (TPSA) is 80.2 Å². The predicted octanol–water partition coefficient (Wildman–Crippen LogP) is 7.07. The Bertz CT molecular complexity index is 1190. The number of hydrazone groups is 1. The van der Waals surface area contributed by atoms with Crippen LogP contribution in [-0.4, -0.2) is 23.8 Å². The third-order valence-electron chi connectivity index (χ3n) is 4.31. The molecule has 3 rings (SSSR count). The Balaban J connectivity index is 1.75. The molecule has 0 spiro atoms. The lowest BCUT2D eigenvalue weighted by Crippen LogP contribution is -2.18. The van der Waals surface area contributed by atoms with Crippen LogP contribution in [0.1, 0.15) is 28.4 Å². The van der Waals surface area contributed by atoms with Crippen LogP contribution in [0.25, 0.3) is 0 Å². The zero-order valence-corrected chi connectivity index (χ0v) is 22.8. The van der Waals surface area contributed by atoms with Gasteiger partial charge in [-0.15, -0.1) is 0 Å². The number of hydrogen-bond acceptors (Lipinski definition) is 5. The zero-order chi connectivity index (χ0) is 24.0. The summed E-state index contributed by atoms with van der Waals surface area (Å²) in [6, 6.07) is 14.1. The van der Waals surface area contributed by atoms with Crippen LogP contribution in [0, 0.1) is 0 Å². The van der Waals surface area contributed by atoms with Gasteiger partial charge < -0.3 is 14.6 Å². The maximum atomic E-state index is 12.4. The second-order valence-electron chi connectivity index (χ2n) is 6.65. The molecule has 0 unspecified atom stereocenters. The number of benzene rings is 3. The molecule has 172 valence electrons. The van der Waals surface area contributed by atoms with Gasteiger partial charge in [0.05, 0.1) is 22.9 Å². The zero-order valence-electron chi connectivity index (χ0n) is 17.2. The Morgan fingerprint density at radius 3 is 2.45 bits per heavy atom. The number of hydrogen-bond donors (Lipinski definition) is 2. The number of aromatic hydroxyl groups is 1. The fourth-order valence-electron chi connectivity index (χ4n) is 2.73. The first-order valence-corrected chi connectivity index (χ1v) is 12.4. The van der Waals surface area contributed by atoms with Gasteiger partial charge in [-0.2, -0.15) is 5.10 Å². The summed E-state index contributed by atoms with van der Waals surface area (Å²) >= 11 is 15.9. The molecule has 0 aliphatic carbocycles. The molecule has 0 atom stereocenters. The van der Waals surface area contributed by atoms with E-state index in [1.54, 1.807) is 30.3 Å². The highest BCUT2D eigenvalue weighted by Gasteiger charge is 2.15. The standard InChI is InChI=1S/C23H18Br3ClN2O4/c1-2-32-20-7-14(11-28-29-23(31)17-8-15(24)9-19(26)22(17)30)18(25)10-21(20)33-12-13-3-5-16(27)6-4-13/h3-11,30H,2,12H2,1H3,(H,29,31)/b28-11-. The number of nitrogens with one attached hydrogen (secondary N) is 1. The molecular weight excluding hydrogens is 643 g/mol. The van der Waals surface area contributed by atoms with Crippen LogP contribution in [-0.2, 0) is 6.61 Å². The van der Waals surface area contributed by atoms with E-state index in [0.717, 1.165) is 5.56 Å². The summed E-state index contributed by atoms with van der Waals surface area (Å²) < 4.78 is 13.4. The molecule has 0 aliphatic heterocycles. The number of ether oxygens (including phenoxy) is 2. The van der Waals surface area contributed by atoms with Gasteiger partial charge in [0.1, 0.15) is 12.4 Å². The van der Waals surface area contributed by atoms with E-state index >= 15 is 0 Å². The summed E-state index contributed by atoms with van der Waals surface area (Å²) in [6.45, 7) is 2.67. The van der Waals surface area contributed by atoms with E-state index in [-0.39, 0.29) is 11.3 Å². The van der Waals surface area contributed by atoms with E-state index < -0.39 is 5.91 Å². The van der Waals surface area contributed by atoms with Crippen molar-refractivity contribution >= 4 is 71.5 Å². The van der Waals surface area contributed by atoms with Gasteiger partial charge in [0.2, 0.25) is 0 Å². The van der Waals surface area contributed by atoms with Gasteiger partial charge >= 0.3 is 0 Å². The first-order valence-electron chi connectivity index (χ1n) is 9.63. The van der Waals surface area contributed by atoms with Gasteiger partial charge in [-0.3, -0.25) is 4.79 Å². The first-order chi connectivity index (χ1) is 15.8. The second kappa shape index (κ2) is 11.9. The van der Waals surface area contributed by atoms with Crippen molar-refractivity contribution in [3.8, 4) is 17.2 Å². The van der Waals surface area contributed by atoms with E-state index in [1.807, 2.05) is 19.1 Å². The summed E-state index contributed by atoms with van der Waals surface area (Å²) in [5.74, 6) is 0.363. The molecule has 0 saturated carbocycles. The lowest BCUT2D eigenvalue weighted by atomic mass is 10.2. The largest absolute Gasteiger partial charge is 0.506 e. The van der Waals surface area contributed by atoms with Gasteiger partial charge in [-0.05, 0) is 80.7 Å². The number of phenolic OH excluding ortho intramolecular Hbond substituents is 1. The third kappa shape index (κ3) is 6.96. The molecule has 0 aliphatic rings. The van der Waals surface area contributed by atoms with Crippen LogP contribution in [0.3, 0.4) is 0 Å². The van der Waals surface area contributed by atoms with Crippen LogP contribution in [0.4, 0.5) is 0 Å². The molecule has 0 heterocycles. The summed E-state index contributed by atoms with van der Waals surface area (Å²) in [4.78, 5) is 12.4. The average molecular weight is 662 g/mol. The Kier molecular flexibility index (Phi) is 9.19. The monoisotopic (exact) mass is 658 g/mol. The Labute approximate surface area is 221 Å². The van der Waals surface area contributed by atoms with Gasteiger partial charge in [0.15, 0.2) is 11.5 Å². The highest BCUT2D eigenvalue weighted by molar-refractivity contribution is 9.11. The van der Waals surface area contributed by atoms with Crippen molar-refractivity contribution in [2.24, 2.45) is 5.10 Å². The van der Waals surface area contributed by atoms with Crippen LogP contribution >= 0.6 is 59.4 Å². The van der Waals surface area contributed by atoms with E-state index in [4.69, 9.17) is 21.1 Å². The molecule has 0 radical (unpaired) electrons. The molecule has 0 saturated heterocycles. The molecule has 0 fully saturated rings. The first kappa shape index (κ1) is 25.6. The average Bonchev–Trinajstić information content (AvgIpc) is 2.78. The number of nitrogens with zero attached hydrogens (tertiary/aromatic N) is 1. The van der Waals surface area contributed by atoms with Crippen LogP contribution in [0.2, 0.25) is 5.02 Å². The number of carbonyl (C=O) groups excluding carboxylic acids is 1. The minimum absolute atomic E-state index is 0.0772. The van der Waals surface area contributed by atoms with Crippen molar-refractivity contribution in [3.63, 3.8) is 0 Å². The van der Waals surface area contributed by atoms with E-state index in [0.29, 0.717) is 48.7 Å². The minimum atomic E-state index is -0.560. The van der Waals surface area contributed by atoms with Gasteiger partial charge in [-0.25, -0.2) is 5.43 Å². The maximum Gasteiger partial charge on any atom is 0.275 e. The number of halogens is 4. The Morgan fingerprint density at radius 1 is 1.06 bits per heavy atom. The molecule has 0 aromatic heterocycles. The van der Waals surface area contributed by atoms with E-state index in [1.165, 1.54) is 12.3 Å². The Hall–Kier alpha value is -2.07. The number of rotatable bonds is 8. The summed E-state index contributed by atoms with van der Waals surface area (Å²) in [5.41, 5.74) is 4.12. The molecule has 3 aromatic carbocycles. The molecule has 10 heteroatoms. The van der Waals surface area contributed by atoms with Gasteiger partial charge in [0.25, 0.3) is 5.91 Å². The fraction of sp³-hybridized carbons (Fsp3) is 0.130. The third-order valence-corrected chi connectivity index (χ3v) is 6.31. The number of phenols is 1. The van der Waals surface area contributed by atoms with E-state index in [9.17, 15) is 9.90 Å². The Morgan fingerprint density at radius 2 is 1.76 bits per heavy atom. The minimum Gasteiger partial charge on any atom is -0.506 e. The van der Waals surface area contributed by atoms with Crippen molar-refractivity contribution in [2.45, 2.75) is 13.5 Å². The van der Waals surface area contributed by atoms with Crippen molar-refractivity contribution in [1.29, 1.82) is 0 Å². The maximum absolute atomic E-state index is 12.4. The van der Waals surface area contributed by atoms with Crippen molar-refractivity contribution in [2.75, 3.05) is 6.61 Å². The SMILES string of the molecule is CCOc1cc(/C=N\NC(=O)c2cc(Br)cc(Br)c2O)c(Br)cc1OCc1ccc(Cl)cc1. The number of carbonyl (C=O) groups is 1. The lowest BCUT2D eigenvalue weighted by Gasteiger charge is -2.14. The smallest absolute Gasteiger partial charge is 0.275 e. The predicted molar refractivity (Wildman–Crippen MR) is 140 cm³/mol. The normalized spacial score (nSPS) is 10.9. The molecule has 2 N–H and O–H groups in total. The van der Waals surface area contributed by atoms with Crippen molar-refractivity contribution in [3.05, 3.63) is 83.7 Å². The molecule has 0 bridgehead atoms. The van der Waals surface area contributed by atoms with Gasteiger partial charge in [0, 0.05) is 19.5 Å². The highest BCUT2D eigenvalue weighted by Crippen LogP contribution is 2.34. The fourth-order valence-corrected chi connectivity index (χ4v) is 4.51. The summed E-state index contributed by atoms with van der Waals surface area (Å²) in [5, 5.41) is 14.8. The molecule has 3 aromatic rings. The van der Waals surface area contributed by atoms with Crippen molar-refractivity contribution in [1.82, 2.24) is 5.43 Å². The molecular formula is C23H18Br3ClN2O4. The summed E-state index contributed by atoms with van der Waals surface area (Å²) in [7, 11) is 0. The van der Waals surface area contributed by atoms with Crippen LogP contribution in [0.5, 0.6) is 17.2 Å². The van der Waals surface area contributed by atoms with Gasteiger partial charge in [-0.1, -0.05) is 39.7 Å². The molecule has 1 amide bonds. The van der Waals surface area contributed by atoms with Crippen molar-refractivity contribution < 1.29 is 19.4 Å². The molecule has 33 heavy (non-hydrogen) atoms. The highest BCUT2D eigenvalue weighted by atomic mass is 79.9. The molecule has 6 nitrogen and oxygen atoms in total. The number of amides is 1. The summed E-state index contributed by atoms with van der Waals surface area (Å²) in [6.07, 6.45) is 1.47. The lowest BCUT2D eigenvalue weighted by molar-refractivity contribution is 0.0952. The van der Waals surface area contributed by atoms with E-state index in [2.05, 4.69) is 58.3 Å². The van der Waals surface area contributed by atoms with Crippen LogP contribution < -0.4 is 14.9 Å².